The number of H-pyrrole nitrogens is 1. The number of hydrogen-bond acceptors (Lipinski definition) is 3. The molecular formula is C22H25FN2O2. The molecule has 1 aromatic heterocycles. The van der Waals surface area contributed by atoms with E-state index in [1.807, 2.05) is 18.2 Å². The SMILES string of the molecule is Cc1c(Cc2ccc(OCCN3CC(CF)C3)cc2)[nH]c2ccc(O)cc12. The van der Waals surface area contributed by atoms with E-state index in [9.17, 15) is 9.50 Å². The second-order valence-corrected chi connectivity index (χ2v) is 7.41. The number of alkyl halides is 1. The van der Waals surface area contributed by atoms with Crippen molar-refractivity contribution in [3.8, 4) is 11.5 Å². The van der Waals surface area contributed by atoms with E-state index in [1.54, 1.807) is 12.1 Å². The molecule has 27 heavy (non-hydrogen) atoms. The summed E-state index contributed by atoms with van der Waals surface area (Å²) in [6, 6.07) is 13.6. The van der Waals surface area contributed by atoms with E-state index in [1.165, 1.54) is 11.1 Å². The monoisotopic (exact) mass is 368 g/mol. The van der Waals surface area contributed by atoms with Crippen molar-refractivity contribution >= 4 is 10.9 Å². The summed E-state index contributed by atoms with van der Waals surface area (Å²) in [5.41, 5.74) is 4.57. The standard InChI is InChI=1S/C22H25FN2O2/c1-15-20-11-18(26)4-7-21(20)24-22(15)10-16-2-5-19(6-3-16)27-9-8-25-13-17(12-23)14-25/h2-7,11,17,24,26H,8-10,12-14H2,1H3. The van der Waals surface area contributed by atoms with Crippen molar-refractivity contribution in [1.82, 2.24) is 9.88 Å². The minimum atomic E-state index is -0.212. The predicted molar refractivity (Wildman–Crippen MR) is 105 cm³/mol. The predicted octanol–water partition coefficient (Wildman–Crippen LogP) is 4.05. The van der Waals surface area contributed by atoms with Crippen LogP contribution in [0.5, 0.6) is 11.5 Å². The number of hydrogen-bond donors (Lipinski definition) is 2. The lowest BCUT2D eigenvalue weighted by Crippen LogP contribution is -2.49. The fourth-order valence-electron chi connectivity index (χ4n) is 3.70. The van der Waals surface area contributed by atoms with Crippen molar-refractivity contribution in [1.29, 1.82) is 0 Å². The highest BCUT2D eigenvalue weighted by Crippen LogP contribution is 2.27. The molecule has 2 aromatic carbocycles. The summed E-state index contributed by atoms with van der Waals surface area (Å²) >= 11 is 0. The van der Waals surface area contributed by atoms with Crippen LogP contribution in [0.15, 0.2) is 42.5 Å². The van der Waals surface area contributed by atoms with Gasteiger partial charge in [-0.3, -0.25) is 9.29 Å². The number of aryl methyl sites for hydroxylation is 1. The average Bonchev–Trinajstić information content (AvgIpc) is 2.94. The molecule has 2 N–H and O–H groups in total. The molecule has 4 nitrogen and oxygen atoms in total. The lowest BCUT2D eigenvalue weighted by atomic mass is 10.0. The van der Waals surface area contributed by atoms with E-state index >= 15 is 0 Å². The molecule has 0 spiro atoms. The number of ether oxygens (including phenoxy) is 1. The Labute approximate surface area is 158 Å². The molecule has 1 saturated heterocycles. The maximum Gasteiger partial charge on any atom is 0.119 e. The first kappa shape index (κ1) is 17.9. The van der Waals surface area contributed by atoms with Crippen molar-refractivity contribution < 1.29 is 14.2 Å². The zero-order valence-corrected chi connectivity index (χ0v) is 15.5. The highest BCUT2D eigenvalue weighted by Gasteiger charge is 2.25. The molecule has 0 amide bonds. The average molecular weight is 368 g/mol. The molecule has 1 aliphatic rings. The third-order valence-electron chi connectivity index (χ3n) is 5.38. The summed E-state index contributed by atoms with van der Waals surface area (Å²) in [6.07, 6.45) is 0.806. The summed E-state index contributed by atoms with van der Waals surface area (Å²) in [7, 11) is 0. The Kier molecular flexibility index (Phi) is 5.03. The van der Waals surface area contributed by atoms with Gasteiger partial charge in [0.1, 0.15) is 18.1 Å². The van der Waals surface area contributed by atoms with Gasteiger partial charge < -0.3 is 14.8 Å². The van der Waals surface area contributed by atoms with Gasteiger partial charge in [0.25, 0.3) is 0 Å². The molecule has 4 rings (SSSR count). The van der Waals surface area contributed by atoms with E-state index in [-0.39, 0.29) is 18.3 Å². The lowest BCUT2D eigenvalue weighted by molar-refractivity contribution is 0.0668. The number of halogens is 1. The van der Waals surface area contributed by atoms with Crippen LogP contribution in [-0.4, -0.2) is 47.9 Å². The lowest BCUT2D eigenvalue weighted by Gasteiger charge is -2.37. The molecule has 142 valence electrons. The number of fused-ring (bicyclic) bond motifs is 1. The van der Waals surface area contributed by atoms with Crippen LogP contribution in [0.4, 0.5) is 4.39 Å². The van der Waals surface area contributed by atoms with Gasteiger partial charge in [0.2, 0.25) is 0 Å². The number of phenols is 1. The molecule has 3 aromatic rings. The van der Waals surface area contributed by atoms with Crippen molar-refractivity contribution in [3.05, 3.63) is 59.3 Å². The number of rotatable bonds is 7. The molecule has 0 saturated carbocycles. The van der Waals surface area contributed by atoms with Crippen molar-refractivity contribution in [2.24, 2.45) is 5.92 Å². The summed E-state index contributed by atoms with van der Waals surface area (Å²) in [4.78, 5) is 5.66. The van der Waals surface area contributed by atoms with E-state index in [2.05, 4.69) is 28.9 Å². The molecule has 0 radical (unpaired) electrons. The van der Waals surface area contributed by atoms with Gasteiger partial charge in [-0.05, 0) is 48.4 Å². The summed E-state index contributed by atoms with van der Waals surface area (Å²) < 4.78 is 18.2. The largest absolute Gasteiger partial charge is 0.508 e. The minimum absolute atomic E-state index is 0.212. The third-order valence-corrected chi connectivity index (χ3v) is 5.38. The molecule has 5 heteroatoms. The molecule has 1 fully saturated rings. The Hall–Kier alpha value is -2.53. The minimum Gasteiger partial charge on any atom is -0.508 e. The van der Waals surface area contributed by atoms with Crippen molar-refractivity contribution in [2.45, 2.75) is 13.3 Å². The van der Waals surface area contributed by atoms with E-state index in [4.69, 9.17) is 4.74 Å². The normalized spacial score (nSPS) is 15.2. The number of likely N-dealkylation sites (tertiary alicyclic amines) is 1. The maximum atomic E-state index is 12.4. The number of nitrogens with one attached hydrogen (secondary N) is 1. The summed E-state index contributed by atoms with van der Waals surface area (Å²) in [5, 5.41) is 10.7. The van der Waals surface area contributed by atoms with Gasteiger partial charge in [-0.15, -0.1) is 0 Å². The first-order valence-corrected chi connectivity index (χ1v) is 9.42. The van der Waals surface area contributed by atoms with Crippen LogP contribution in [0.25, 0.3) is 10.9 Å². The smallest absolute Gasteiger partial charge is 0.119 e. The van der Waals surface area contributed by atoms with Gasteiger partial charge in [0, 0.05) is 48.6 Å². The molecule has 0 bridgehead atoms. The van der Waals surface area contributed by atoms with Gasteiger partial charge >= 0.3 is 0 Å². The third kappa shape index (κ3) is 3.93. The molecule has 0 atom stereocenters. The van der Waals surface area contributed by atoms with Gasteiger partial charge in [0.15, 0.2) is 0 Å². The van der Waals surface area contributed by atoms with Crippen LogP contribution >= 0.6 is 0 Å². The number of aromatic hydroxyl groups is 1. The Morgan fingerprint density at radius 3 is 2.70 bits per heavy atom. The van der Waals surface area contributed by atoms with Crippen molar-refractivity contribution in [3.63, 3.8) is 0 Å². The van der Waals surface area contributed by atoms with Gasteiger partial charge in [-0.25, -0.2) is 0 Å². The molecule has 2 heterocycles. The van der Waals surface area contributed by atoms with Gasteiger partial charge in [-0.2, -0.15) is 0 Å². The van der Waals surface area contributed by atoms with E-state index < -0.39 is 0 Å². The maximum absolute atomic E-state index is 12.4. The van der Waals surface area contributed by atoms with Crippen LogP contribution in [0, 0.1) is 12.8 Å². The van der Waals surface area contributed by atoms with Crippen molar-refractivity contribution in [2.75, 3.05) is 32.9 Å². The summed E-state index contributed by atoms with van der Waals surface area (Å²) in [6.45, 7) is 5.04. The first-order valence-electron chi connectivity index (χ1n) is 9.42. The number of aromatic amines is 1. The van der Waals surface area contributed by atoms with E-state index in [0.717, 1.165) is 48.4 Å². The fourth-order valence-corrected chi connectivity index (χ4v) is 3.70. The van der Waals surface area contributed by atoms with Crippen LogP contribution < -0.4 is 4.74 Å². The number of phenolic OH excluding ortho intramolecular Hbond substituents is 1. The Balaban J connectivity index is 1.33. The quantitative estimate of drug-likeness (QED) is 0.661. The zero-order chi connectivity index (χ0) is 18.8. The Morgan fingerprint density at radius 2 is 1.96 bits per heavy atom. The topological polar surface area (TPSA) is 48.5 Å². The Bertz CT molecular complexity index is 914. The highest BCUT2D eigenvalue weighted by molar-refractivity contribution is 5.85. The number of nitrogens with zero attached hydrogens (tertiary/aromatic N) is 1. The summed E-state index contributed by atoms with van der Waals surface area (Å²) in [5.74, 6) is 1.37. The van der Waals surface area contributed by atoms with Crippen LogP contribution in [0.2, 0.25) is 0 Å². The number of aromatic nitrogens is 1. The van der Waals surface area contributed by atoms with Crippen LogP contribution in [-0.2, 0) is 6.42 Å². The Morgan fingerprint density at radius 1 is 1.19 bits per heavy atom. The van der Waals surface area contributed by atoms with E-state index in [0.29, 0.717) is 6.61 Å². The molecule has 0 aliphatic carbocycles. The fraction of sp³-hybridized carbons (Fsp3) is 0.364. The van der Waals surface area contributed by atoms with Crippen LogP contribution in [0.1, 0.15) is 16.8 Å². The zero-order valence-electron chi connectivity index (χ0n) is 15.5. The van der Waals surface area contributed by atoms with Gasteiger partial charge in [0.05, 0.1) is 6.67 Å². The molecule has 0 unspecified atom stereocenters. The molecule has 1 aliphatic heterocycles. The second kappa shape index (κ2) is 7.61. The first-order chi connectivity index (χ1) is 13.1. The van der Waals surface area contributed by atoms with Gasteiger partial charge in [-0.1, -0.05) is 12.1 Å². The number of benzene rings is 2. The second-order valence-electron chi connectivity index (χ2n) is 7.41. The highest BCUT2D eigenvalue weighted by atomic mass is 19.1. The molecular weight excluding hydrogens is 343 g/mol. The van der Waals surface area contributed by atoms with Crippen LogP contribution in [0.3, 0.4) is 0 Å².